The number of benzene rings is 1. The van der Waals surface area contributed by atoms with Gasteiger partial charge in [0.05, 0.1) is 4.90 Å². The van der Waals surface area contributed by atoms with E-state index in [-0.39, 0.29) is 4.90 Å². The highest BCUT2D eigenvalue weighted by Gasteiger charge is 2.17. The lowest BCUT2D eigenvalue weighted by molar-refractivity contribution is 0.482. The van der Waals surface area contributed by atoms with E-state index < -0.39 is 10.1 Å². The van der Waals surface area contributed by atoms with Gasteiger partial charge in [0.25, 0.3) is 10.1 Å². The Bertz CT molecular complexity index is 878. The number of unbranched alkanes of at least 4 members (excludes halogenated alkanes) is 27. The fourth-order valence-corrected chi connectivity index (χ4v) is 7.66. The molecule has 0 atom stereocenters. The van der Waals surface area contributed by atoms with Gasteiger partial charge in [0, 0.05) is 0 Å². The first kappa shape index (κ1) is 43.2. The fraction of sp³-hybridized carbons (Fsp3) is 0.857. The van der Waals surface area contributed by atoms with Gasteiger partial charge in [-0.15, -0.1) is 0 Å². The molecule has 1 N–H and O–H groups in total. The smallest absolute Gasteiger partial charge is 0.282 e. The van der Waals surface area contributed by atoms with Crippen molar-refractivity contribution in [3.8, 4) is 0 Å². The lowest BCUT2D eigenvalue weighted by Gasteiger charge is -2.17. The molecule has 0 aromatic heterocycles. The van der Waals surface area contributed by atoms with Crippen LogP contribution in [0.4, 0.5) is 0 Å². The molecule has 0 aliphatic rings. The molecular formula is C42H78O3S. The highest BCUT2D eigenvalue weighted by Crippen LogP contribution is 2.27. The van der Waals surface area contributed by atoms with Crippen LogP contribution in [0.1, 0.15) is 230 Å². The molecule has 0 heterocycles. The lowest BCUT2D eigenvalue weighted by Crippen LogP contribution is -2.07. The maximum Gasteiger partial charge on any atom is 0.294 e. The molecule has 0 bridgehead atoms. The second kappa shape index (κ2) is 30.2. The molecule has 0 unspecified atom stereocenters. The quantitative estimate of drug-likeness (QED) is 0.0590. The van der Waals surface area contributed by atoms with Crippen molar-refractivity contribution in [2.45, 2.75) is 238 Å². The van der Waals surface area contributed by atoms with Crippen LogP contribution in [0, 0.1) is 0 Å². The van der Waals surface area contributed by atoms with E-state index in [1.54, 1.807) is 0 Å². The van der Waals surface area contributed by atoms with Gasteiger partial charge >= 0.3 is 0 Å². The maximum absolute atomic E-state index is 12.3. The summed E-state index contributed by atoms with van der Waals surface area (Å²) in [4.78, 5) is 0.114. The van der Waals surface area contributed by atoms with Crippen molar-refractivity contribution in [2.75, 3.05) is 0 Å². The van der Waals surface area contributed by atoms with Crippen LogP contribution in [0.2, 0.25) is 0 Å². The molecule has 0 amide bonds. The van der Waals surface area contributed by atoms with Crippen molar-refractivity contribution in [3.05, 3.63) is 28.8 Å². The molecule has 1 rings (SSSR count). The van der Waals surface area contributed by atoms with Gasteiger partial charge < -0.3 is 0 Å². The predicted octanol–water partition coefficient (Wildman–Crippen LogP) is 14.3. The van der Waals surface area contributed by atoms with Gasteiger partial charge in [-0.1, -0.05) is 194 Å². The molecule has 0 aliphatic carbocycles. The minimum Gasteiger partial charge on any atom is -0.282 e. The Hall–Kier alpha value is -0.870. The summed E-state index contributed by atoms with van der Waals surface area (Å²) >= 11 is 0. The molecular weight excluding hydrogens is 585 g/mol. The van der Waals surface area contributed by atoms with Crippen LogP contribution >= 0.6 is 0 Å². The second-order valence-corrected chi connectivity index (χ2v) is 15.9. The number of rotatable bonds is 34. The minimum absolute atomic E-state index is 0.114. The van der Waals surface area contributed by atoms with Crippen molar-refractivity contribution >= 4 is 10.1 Å². The van der Waals surface area contributed by atoms with Crippen molar-refractivity contribution < 1.29 is 13.0 Å². The van der Waals surface area contributed by atoms with E-state index in [2.05, 4.69) is 20.8 Å². The third kappa shape index (κ3) is 23.5. The zero-order valence-corrected chi connectivity index (χ0v) is 32.0. The minimum atomic E-state index is -4.21. The van der Waals surface area contributed by atoms with Crippen LogP contribution in [0.25, 0.3) is 0 Å². The summed E-state index contributed by atoms with van der Waals surface area (Å²) in [5.41, 5.74) is 3.78. The van der Waals surface area contributed by atoms with E-state index >= 15 is 0 Å². The first-order chi connectivity index (χ1) is 22.4. The van der Waals surface area contributed by atoms with E-state index in [9.17, 15) is 13.0 Å². The standard InChI is InChI=1S/C42H78O3S/c1-4-7-10-13-16-19-22-25-28-31-34-39-37-41(46(43,44)45)38-40(35-32-29-26-23-20-17-14-11-8-5-2)42(39)36-33-30-27-24-21-18-15-12-9-6-3/h37-38H,4-36H2,1-3H3,(H,43,44,45). The van der Waals surface area contributed by atoms with Crippen molar-refractivity contribution in [1.29, 1.82) is 0 Å². The number of hydrogen-bond donors (Lipinski definition) is 1. The van der Waals surface area contributed by atoms with Gasteiger partial charge in [-0.2, -0.15) is 8.42 Å². The molecule has 1 aromatic carbocycles. The van der Waals surface area contributed by atoms with Gasteiger partial charge in [-0.05, 0) is 67.3 Å². The molecule has 270 valence electrons. The number of hydrogen-bond acceptors (Lipinski definition) is 2. The second-order valence-electron chi connectivity index (χ2n) is 14.5. The highest BCUT2D eigenvalue weighted by molar-refractivity contribution is 7.85. The van der Waals surface area contributed by atoms with Crippen LogP contribution in [0.15, 0.2) is 17.0 Å². The summed E-state index contributed by atoms with van der Waals surface area (Å²) in [6.07, 6.45) is 42.2. The van der Waals surface area contributed by atoms with Crippen molar-refractivity contribution in [2.24, 2.45) is 0 Å². The van der Waals surface area contributed by atoms with Gasteiger partial charge in [-0.3, -0.25) is 4.55 Å². The molecule has 1 aromatic rings. The van der Waals surface area contributed by atoms with Gasteiger partial charge in [0.2, 0.25) is 0 Å². The Kier molecular flexibility index (Phi) is 28.3. The molecule has 0 fully saturated rings. The monoisotopic (exact) mass is 663 g/mol. The normalized spacial score (nSPS) is 11.9. The topological polar surface area (TPSA) is 54.4 Å². The van der Waals surface area contributed by atoms with E-state index in [1.165, 1.54) is 196 Å². The molecule has 3 nitrogen and oxygen atoms in total. The summed E-state index contributed by atoms with van der Waals surface area (Å²) in [6, 6.07) is 3.63. The third-order valence-corrected chi connectivity index (χ3v) is 10.9. The van der Waals surface area contributed by atoms with Crippen molar-refractivity contribution in [3.63, 3.8) is 0 Å². The summed E-state index contributed by atoms with van der Waals surface area (Å²) < 4.78 is 34.7. The Labute approximate surface area is 288 Å². The summed E-state index contributed by atoms with van der Waals surface area (Å²) in [6.45, 7) is 6.83. The van der Waals surface area contributed by atoms with E-state index in [1.807, 2.05) is 12.1 Å². The molecule has 0 spiro atoms. The molecule has 46 heavy (non-hydrogen) atoms. The molecule has 0 radical (unpaired) electrons. The van der Waals surface area contributed by atoms with Gasteiger partial charge in [0.1, 0.15) is 0 Å². The summed E-state index contributed by atoms with van der Waals surface area (Å²) in [5, 5.41) is 0. The van der Waals surface area contributed by atoms with Crippen LogP contribution in [0.5, 0.6) is 0 Å². The molecule has 0 aliphatic heterocycles. The zero-order valence-electron chi connectivity index (χ0n) is 31.2. The van der Waals surface area contributed by atoms with Crippen LogP contribution in [-0.2, 0) is 29.4 Å². The van der Waals surface area contributed by atoms with Crippen LogP contribution in [-0.4, -0.2) is 13.0 Å². The summed E-state index contributed by atoms with van der Waals surface area (Å²) in [7, 11) is -4.21. The fourth-order valence-electron chi connectivity index (χ4n) is 7.08. The van der Waals surface area contributed by atoms with E-state index in [0.29, 0.717) is 0 Å². The predicted molar refractivity (Wildman–Crippen MR) is 203 cm³/mol. The average Bonchev–Trinajstić information content (AvgIpc) is 3.03. The molecule has 0 saturated carbocycles. The largest absolute Gasteiger partial charge is 0.294 e. The Morgan fingerprint density at radius 2 is 0.630 bits per heavy atom. The first-order valence-electron chi connectivity index (χ1n) is 20.6. The summed E-state index contributed by atoms with van der Waals surface area (Å²) in [5.74, 6) is 0. The Morgan fingerprint density at radius 3 is 0.891 bits per heavy atom. The zero-order chi connectivity index (χ0) is 33.6. The highest BCUT2D eigenvalue weighted by atomic mass is 32.2. The maximum atomic E-state index is 12.3. The lowest BCUT2D eigenvalue weighted by atomic mass is 9.90. The van der Waals surface area contributed by atoms with Crippen LogP contribution < -0.4 is 0 Å². The molecule has 4 heteroatoms. The third-order valence-electron chi connectivity index (χ3n) is 10.1. The van der Waals surface area contributed by atoms with Gasteiger partial charge in [0.15, 0.2) is 0 Å². The van der Waals surface area contributed by atoms with Crippen molar-refractivity contribution in [1.82, 2.24) is 0 Å². The Morgan fingerprint density at radius 1 is 0.391 bits per heavy atom. The molecule has 0 saturated heterocycles. The van der Waals surface area contributed by atoms with E-state index in [0.717, 1.165) is 32.1 Å². The van der Waals surface area contributed by atoms with Gasteiger partial charge in [-0.25, -0.2) is 0 Å². The number of aryl methyl sites for hydroxylation is 2. The first-order valence-corrected chi connectivity index (χ1v) is 22.0. The van der Waals surface area contributed by atoms with E-state index in [4.69, 9.17) is 0 Å². The SMILES string of the molecule is CCCCCCCCCCCCc1cc(S(=O)(=O)O)cc(CCCCCCCCCCCC)c1CCCCCCCCCCCC. The Balaban J connectivity index is 2.73. The van der Waals surface area contributed by atoms with Crippen LogP contribution in [0.3, 0.4) is 0 Å². The average molecular weight is 663 g/mol.